The lowest BCUT2D eigenvalue weighted by Crippen LogP contribution is -2.26. The van der Waals surface area contributed by atoms with Gasteiger partial charge in [-0.2, -0.15) is 10.4 Å². The first-order valence-corrected chi connectivity index (χ1v) is 7.09. The molecule has 0 unspecified atom stereocenters. The van der Waals surface area contributed by atoms with Gasteiger partial charge in [-0.1, -0.05) is 0 Å². The van der Waals surface area contributed by atoms with Crippen molar-refractivity contribution in [2.75, 3.05) is 5.32 Å². The Morgan fingerprint density at radius 2 is 2.00 bits per heavy atom. The molecule has 22 heavy (non-hydrogen) atoms. The zero-order chi connectivity index (χ0) is 15.7. The summed E-state index contributed by atoms with van der Waals surface area (Å²) < 4.78 is 1.80. The van der Waals surface area contributed by atoms with Crippen LogP contribution in [0, 0.1) is 11.3 Å². The third-order valence-electron chi connectivity index (χ3n) is 3.17. The topological polar surface area (TPSA) is 66.0 Å². The van der Waals surface area contributed by atoms with E-state index in [-0.39, 0.29) is 5.54 Å². The van der Waals surface area contributed by atoms with E-state index < -0.39 is 0 Å². The van der Waals surface area contributed by atoms with Crippen LogP contribution in [0.3, 0.4) is 0 Å². The van der Waals surface area contributed by atoms with E-state index in [0.29, 0.717) is 5.56 Å². The van der Waals surface area contributed by atoms with Gasteiger partial charge in [-0.15, -0.1) is 0 Å². The van der Waals surface area contributed by atoms with Gasteiger partial charge in [0.15, 0.2) is 0 Å². The molecule has 0 aromatic carbocycles. The van der Waals surface area contributed by atoms with Gasteiger partial charge < -0.3 is 5.32 Å². The summed E-state index contributed by atoms with van der Waals surface area (Å²) in [5, 5.41) is 16.7. The standard InChI is InChI=1S/C17H17N5/c1-17(2,3)21-13-6-7-19-15(9-13)16-5-4-14-8-12(10-18)11-20-22(14)16/h4-9,11H,1-3H3,(H,19,21). The van der Waals surface area contributed by atoms with Crippen LogP contribution in [-0.4, -0.2) is 20.1 Å². The molecule has 0 saturated carbocycles. The normalized spacial score (nSPS) is 11.4. The smallest absolute Gasteiger partial charge is 0.101 e. The van der Waals surface area contributed by atoms with Gasteiger partial charge in [0, 0.05) is 17.4 Å². The van der Waals surface area contributed by atoms with Crippen molar-refractivity contribution >= 4 is 11.2 Å². The Kier molecular flexibility index (Phi) is 3.30. The SMILES string of the molecule is CC(C)(C)Nc1ccnc(-c2ccc3cc(C#N)cnn23)c1. The number of nitrogens with zero attached hydrogens (tertiary/aromatic N) is 4. The Morgan fingerprint density at radius 1 is 1.18 bits per heavy atom. The predicted molar refractivity (Wildman–Crippen MR) is 86.5 cm³/mol. The van der Waals surface area contributed by atoms with E-state index in [1.165, 1.54) is 0 Å². The first-order valence-electron chi connectivity index (χ1n) is 7.09. The summed E-state index contributed by atoms with van der Waals surface area (Å²) >= 11 is 0. The van der Waals surface area contributed by atoms with Gasteiger partial charge in [0.25, 0.3) is 0 Å². The highest BCUT2D eigenvalue weighted by Gasteiger charge is 2.12. The second kappa shape index (κ2) is 5.15. The Morgan fingerprint density at radius 3 is 2.73 bits per heavy atom. The Bertz CT molecular complexity index is 865. The number of aromatic nitrogens is 3. The van der Waals surface area contributed by atoms with Crippen LogP contribution in [0.25, 0.3) is 16.9 Å². The van der Waals surface area contributed by atoms with Crippen LogP contribution in [0.15, 0.2) is 42.7 Å². The molecule has 3 heterocycles. The number of hydrogen-bond acceptors (Lipinski definition) is 4. The molecule has 0 fully saturated rings. The maximum atomic E-state index is 8.95. The third-order valence-corrected chi connectivity index (χ3v) is 3.17. The van der Waals surface area contributed by atoms with Gasteiger partial charge in [-0.3, -0.25) is 4.98 Å². The zero-order valence-corrected chi connectivity index (χ0v) is 12.8. The largest absolute Gasteiger partial charge is 0.380 e. The minimum atomic E-state index is -0.0141. The molecular formula is C17H17N5. The molecule has 0 radical (unpaired) electrons. The van der Waals surface area contributed by atoms with Gasteiger partial charge in [0.2, 0.25) is 0 Å². The molecule has 110 valence electrons. The number of nitriles is 1. The van der Waals surface area contributed by atoms with Crippen molar-refractivity contribution in [3.63, 3.8) is 0 Å². The highest BCUT2D eigenvalue weighted by Crippen LogP contribution is 2.24. The molecular weight excluding hydrogens is 274 g/mol. The van der Waals surface area contributed by atoms with Crippen LogP contribution in [0.1, 0.15) is 26.3 Å². The van der Waals surface area contributed by atoms with Crippen LogP contribution in [0.2, 0.25) is 0 Å². The number of nitrogens with one attached hydrogen (secondary N) is 1. The summed E-state index contributed by atoms with van der Waals surface area (Å²) in [4.78, 5) is 4.44. The maximum Gasteiger partial charge on any atom is 0.101 e. The number of hydrogen-bond donors (Lipinski definition) is 1. The quantitative estimate of drug-likeness (QED) is 0.785. The first-order chi connectivity index (χ1) is 10.5. The van der Waals surface area contributed by atoms with Crippen molar-refractivity contribution in [1.29, 1.82) is 5.26 Å². The monoisotopic (exact) mass is 291 g/mol. The van der Waals surface area contributed by atoms with E-state index in [1.54, 1.807) is 16.9 Å². The van der Waals surface area contributed by atoms with E-state index in [2.05, 4.69) is 42.2 Å². The lowest BCUT2D eigenvalue weighted by molar-refractivity contribution is 0.634. The summed E-state index contributed by atoms with van der Waals surface area (Å²) in [6, 6.07) is 11.8. The lowest BCUT2D eigenvalue weighted by atomic mass is 10.1. The van der Waals surface area contributed by atoms with Crippen LogP contribution in [0.5, 0.6) is 0 Å². The summed E-state index contributed by atoms with van der Waals surface area (Å²) in [6.45, 7) is 6.35. The van der Waals surface area contributed by atoms with Crippen molar-refractivity contribution < 1.29 is 0 Å². The first kappa shape index (κ1) is 14.1. The average Bonchev–Trinajstić information content (AvgIpc) is 2.88. The maximum absolute atomic E-state index is 8.95. The zero-order valence-electron chi connectivity index (χ0n) is 12.8. The Balaban J connectivity index is 2.05. The molecule has 0 bridgehead atoms. The Hall–Kier alpha value is -2.87. The van der Waals surface area contributed by atoms with Gasteiger partial charge in [0.05, 0.1) is 28.7 Å². The molecule has 0 saturated heterocycles. The molecule has 3 aromatic rings. The second-order valence-corrected chi connectivity index (χ2v) is 6.22. The summed E-state index contributed by atoms with van der Waals surface area (Å²) in [5.41, 5.74) is 4.17. The van der Waals surface area contributed by atoms with Crippen LogP contribution >= 0.6 is 0 Å². The predicted octanol–water partition coefficient (Wildman–Crippen LogP) is 3.48. The molecule has 0 aliphatic heterocycles. The molecule has 5 heteroatoms. The van der Waals surface area contributed by atoms with Crippen molar-refractivity contribution in [3.05, 3.63) is 48.3 Å². The summed E-state index contributed by atoms with van der Waals surface area (Å²) in [6.07, 6.45) is 3.35. The molecule has 3 aromatic heterocycles. The molecule has 1 N–H and O–H groups in total. The molecule has 0 aliphatic carbocycles. The molecule has 0 aliphatic rings. The van der Waals surface area contributed by atoms with Gasteiger partial charge in [-0.05, 0) is 51.1 Å². The van der Waals surface area contributed by atoms with Crippen molar-refractivity contribution in [2.24, 2.45) is 0 Å². The van der Waals surface area contributed by atoms with E-state index in [4.69, 9.17) is 5.26 Å². The molecule has 0 spiro atoms. The van der Waals surface area contributed by atoms with E-state index >= 15 is 0 Å². The van der Waals surface area contributed by atoms with E-state index in [0.717, 1.165) is 22.6 Å². The van der Waals surface area contributed by atoms with Crippen LogP contribution < -0.4 is 5.32 Å². The van der Waals surface area contributed by atoms with Crippen molar-refractivity contribution in [2.45, 2.75) is 26.3 Å². The number of pyridine rings is 1. The fourth-order valence-electron chi connectivity index (χ4n) is 2.34. The highest BCUT2D eigenvalue weighted by atomic mass is 15.2. The van der Waals surface area contributed by atoms with Gasteiger partial charge in [0.1, 0.15) is 6.07 Å². The molecule has 0 amide bonds. The van der Waals surface area contributed by atoms with Crippen LogP contribution in [-0.2, 0) is 0 Å². The van der Waals surface area contributed by atoms with Crippen molar-refractivity contribution in [3.8, 4) is 17.5 Å². The Labute approximate surface area is 129 Å². The summed E-state index contributed by atoms with van der Waals surface area (Å²) in [5.74, 6) is 0. The minimum absolute atomic E-state index is 0.0141. The molecule has 0 atom stereocenters. The minimum Gasteiger partial charge on any atom is -0.380 e. The average molecular weight is 291 g/mol. The molecule has 3 rings (SSSR count). The fourth-order valence-corrected chi connectivity index (χ4v) is 2.34. The number of rotatable bonds is 2. The number of anilines is 1. The van der Waals surface area contributed by atoms with E-state index in [1.807, 2.05) is 30.3 Å². The third kappa shape index (κ3) is 2.77. The second-order valence-electron chi connectivity index (χ2n) is 6.22. The molecule has 5 nitrogen and oxygen atoms in total. The number of fused-ring (bicyclic) bond motifs is 1. The highest BCUT2D eigenvalue weighted by molar-refractivity contribution is 5.67. The fraction of sp³-hybridized carbons (Fsp3) is 0.235. The van der Waals surface area contributed by atoms with Gasteiger partial charge in [-0.25, -0.2) is 4.52 Å². The lowest BCUT2D eigenvalue weighted by Gasteiger charge is -2.22. The van der Waals surface area contributed by atoms with Crippen LogP contribution in [0.4, 0.5) is 5.69 Å². The van der Waals surface area contributed by atoms with Gasteiger partial charge >= 0.3 is 0 Å². The summed E-state index contributed by atoms with van der Waals surface area (Å²) in [7, 11) is 0. The van der Waals surface area contributed by atoms with E-state index in [9.17, 15) is 0 Å². The van der Waals surface area contributed by atoms with Crippen molar-refractivity contribution in [1.82, 2.24) is 14.6 Å².